The molecule has 1 fully saturated rings. The molecular weight excluding hydrogens is 390 g/mol. The first-order valence-electron chi connectivity index (χ1n) is 10.8. The van der Waals surface area contributed by atoms with E-state index in [-0.39, 0.29) is 0 Å². The van der Waals surface area contributed by atoms with Crippen LogP contribution in [0, 0.1) is 11.8 Å². The zero-order valence-electron chi connectivity index (χ0n) is 18.2. The van der Waals surface area contributed by atoms with Crippen molar-refractivity contribution in [2.24, 2.45) is 0 Å². The molecule has 0 amide bonds. The predicted molar refractivity (Wildman–Crippen MR) is 128 cm³/mol. The van der Waals surface area contributed by atoms with Crippen molar-refractivity contribution in [3.63, 3.8) is 0 Å². The van der Waals surface area contributed by atoms with Crippen molar-refractivity contribution in [3.8, 4) is 11.8 Å². The second kappa shape index (κ2) is 8.85. The lowest BCUT2D eigenvalue weighted by atomic mass is 10.0. The van der Waals surface area contributed by atoms with Gasteiger partial charge in [-0.2, -0.15) is 0 Å². The zero-order valence-corrected chi connectivity index (χ0v) is 19.0. The molecule has 2 atom stereocenters. The quantitative estimate of drug-likeness (QED) is 0.755. The number of likely N-dealkylation sites (N-methyl/N-ethyl adjacent to an activating group) is 1. The molecule has 2 aromatic rings. The van der Waals surface area contributed by atoms with Crippen molar-refractivity contribution in [3.05, 3.63) is 52.2 Å². The summed E-state index contributed by atoms with van der Waals surface area (Å²) in [4.78, 5) is 9.34. The van der Waals surface area contributed by atoms with Crippen LogP contribution in [-0.2, 0) is 6.42 Å². The Labute approximate surface area is 184 Å². The number of anilines is 2. The monoisotopic (exact) mass is 421 g/mol. The van der Waals surface area contributed by atoms with Crippen molar-refractivity contribution in [1.82, 2.24) is 4.90 Å². The fraction of sp³-hybridized carbons (Fsp3) is 0.440. The summed E-state index contributed by atoms with van der Waals surface area (Å²) in [7, 11) is 4.34. The van der Waals surface area contributed by atoms with Crippen LogP contribution in [0.15, 0.2) is 36.9 Å². The number of benzene rings is 1. The van der Waals surface area contributed by atoms with Crippen LogP contribution < -0.4 is 9.80 Å². The molecule has 5 heteroatoms. The third-order valence-electron chi connectivity index (χ3n) is 6.17. The number of nitrogens with zero attached hydrogens (tertiary/aromatic N) is 3. The normalized spacial score (nSPS) is 19.6. The largest absolute Gasteiger partial charge is 0.380 e. The van der Waals surface area contributed by atoms with Gasteiger partial charge in [-0.25, -0.2) is 0 Å². The molecule has 158 valence electrons. The van der Waals surface area contributed by atoms with Gasteiger partial charge in [0, 0.05) is 37.1 Å². The summed E-state index contributed by atoms with van der Waals surface area (Å²) in [5.74, 6) is 6.05. The van der Waals surface area contributed by atoms with E-state index in [2.05, 4.69) is 77.5 Å². The number of hydrogen-bond donors (Lipinski definition) is 1. The first-order valence-corrected chi connectivity index (χ1v) is 11.6. The van der Waals surface area contributed by atoms with E-state index in [9.17, 15) is 5.11 Å². The molecule has 4 nitrogen and oxygen atoms in total. The highest BCUT2D eigenvalue weighted by molar-refractivity contribution is 7.13. The van der Waals surface area contributed by atoms with Crippen LogP contribution in [0.4, 0.5) is 11.4 Å². The standard InChI is InChI=1S/C25H31N3OS/c1-5-23(29)10-11-24-16-19-12-15-28(18(2)25(19)30-24)21-8-6-20(7-9-21)27-14-13-22(17-27)26(3)4/h6-9,16,22-23,29H,2,5,12-15,17H2,1,3-4H3/t22-,23?/m1/s1. The highest BCUT2D eigenvalue weighted by Gasteiger charge is 2.25. The molecule has 1 saturated heterocycles. The topological polar surface area (TPSA) is 30.0 Å². The molecule has 0 aliphatic carbocycles. The van der Waals surface area contributed by atoms with E-state index >= 15 is 0 Å². The Bertz CT molecular complexity index is 967. The van der Waals surface area contributed by atoms with Crippen LogP contribution in [-0.4, -0.2) is 55.9 Å². The molecule has 2 aliphatic rings. The van der Waals surface area contributed by atoms with E-state index in [1.165, 1.54) is 28.2 Å². The molecule has 1 unspecified atom stereocenters. The Balaban J connectivity index is 1.48. The van der Waals surface area contributed by atoms with Crippen molar-refractivity contribution in [2.75, 3.05) is 43.5 Å². The van der Waals surface area contributed by atoms with Gasteiger partial charge in [0.25, 0.3) is 0 Å². The number of fused-ring (bicyclic) bond motifs is 1. The van der Waals surface area contributed by atoms with E-state index in [1.807, 2.05) is 6.92 Å². The SMILES string of the molecule is C=C1c2sc(C#CC(O)CC)cc2CCN1c1ccc(N2CC[C@@H](N(C)C)C2)cc1. The maximum absolute atomic E-state index is 9.71. The molecule has 1 aromatic carbocycles. The third-order valence-corrected chi connectivity index (χ3v) is 7.31. The lowest BCUT2D eigenvalue weighted by molar-refractivity contribution is 0.228. The van der Waals surface area contributed by atoms with Gasteiger partial charge >= 0.3 is 0 Å². The van der Waals surface area contributed by atoms with Crippen LogP contribution in [0.2, 0.25) is 0 Å². The first kappa shape index (κ1) is 21.0. The fourth-order valence-electron chi connectivity index (χ4n) is 4.19. The second-order valence-electron chi connectivity index (χ2n) is 8.38. The highest BCUT2D eigenvalue weighted by Crippen LogP contribution is 2.37. The Morgan fingerprint density at radius 2 is 1.97 bits per heavy atom. The number of rotatable bonds is 4. The summed E-state index contributed by atoms with van der Waals surface area (Å²) >= 11 is 1.68. The fourth-order valence-corrected chi connectivity index (χ4v) is 5.24. The molecular formula is C25H31N3OS. The summed E-state index contributed by atoms with van der Waals surface area (Å²) in [5, 5.41) is 9.71. The van der Waals surface area contributed by atoms with Crippen LogP contribution in [0.3, 0.4) is 0 Å². The van der Waals surface area contributed by atoms with Gasteiger partial charge in [0.2, 0.25) is 0 Å². The van der Waals surface area contributed by atoms with E-state index in [4.69, 9.17) is 0 Å². The van der Waals surface area contributed by atoms with E-state index in [1.54, 1.807) is 11.3 Å². The maximum Gasteiger partial charge on any atom is 0.114 e. The second-order valence-corrected chi connectivity index (χ2v) is 9.43. The van der Waals surface area contributed by atoms with Crippen molar-refractivity contribution in [1.29, 1.82) is 0 Å². The molecule has 3 heterocycles. The third kappa shape index (κ3) is 4.27. The number of hydrogen-bond acceptors (Lipinski definition) is 5. The molecule has 0 spiro atoms. The van der Waals surface area contributed by atoms with Gasteiger partial charge in [0.1, 0.15) is 6.10 Å². The van der Waals surface area contributed by atoms with Crippen molar-refractivity contribution < 1.29 is 5.11 Å². The minimum absolute atomic E-state index is 0.550. The van der Waals surface area contributed by atoms with E-state index in [0.717, 1.165) is 36.6 Å². The summed E-state index contributed by atoms with van der Waals surface area (Å²) in [5.41, 5.74) is 4.86. The summed E-state index contributed by atoms with van der Waals surface area (Å²) < 4.78 is 0. The van der Waals surface area contributed by atoms with Crippen molar-refractivity contribution >= 4 is 28.4 Å². The summed E-state index contributed by atoms with van der Waals surface area (Å²) in [6, 6.07) is 11.7. The number of aliphatic hydroxyl groups is 1. The lowest BCUT2D eigenvalue weighted by Crippen LogP contribution is -2.31. The lowest BCUT2D eigenvalue weighted by Gasteiger charge is -2.31. The Hall–Kier alpha value is -2.26. The Morgan fingerprint density at radius 3 is 2.63 bits per heavy atom. The van der Waals surface area contributed by atoms with Crippen molar-refractivity contribution in [2.45, 2.75) is 38.3 Å². The average Bonchev–Trinajstić information content (AvgIpc) is 3.40. The van der Waals surface area contributed by atoms with Gasteiger partial charge in [-0.3, -0.25) is 0 Å². The number of thiophene rings is 1. The minimum atomic E-state index is -0.550. The molecule has 4 rings (SSSR count). The summed E-state index contributed by atoms with van der Waals surface area (Å²) in [6.07, 6.45) is 2.31. The molecule has 0 bridgehead atoms. The molecule has 0 saturated carbocycles. The van der Waals surface area contributed by atoms with Gasteiger partial charge in [0.15, 0.2) is 0 Å². The van der Waals surface area contributed by atoms with Gasteiger partial charge in [0.05, 0.1) is 15.5 Å². The van der Waals surface area contributed by atoms with Crippen LogP contribution in [0.25, 0.3) is 5.70 Å². The predicted octanol–water partition coefficient (Wildman–Crippen LogP) is 4.04. The average molecular weight is 422 g/mol. The Kier molecular flexibility index (Phi) is 6.19. The molecule has 1 aromatic heterocycles. The maximum atomic E-state index is 9.71. The first-order chi connectivity index (χ1) is 14.5. The van der Waals surface area contributed by atoms with Gasteiger partial charge in [-0.1, -0.05) is 25.3 Å². The van der Waals surface area contributed by atoms with Gasteiger partial charge in [-0.05, 0) is 69.3 Å². The van der Waals surface area contributed by atoms with Gasteiger partial charge in [-0.15, -0.1) is 11.3 Å². The molecule has 2 aliphatic heterocycles. The molecule has 0 radical (unpaired) electrons. The van der Waals surface area contributed by atoms with Gasteiger partial charge < -0.3 is 19.8 Å². The van der Waals surface area contributed by atoms with Crippen LogP contribution in [0.1, 0.15) is 35.1 Å². The molecule has 1 N–H and O–H groups in total. The van der Waals surface area contributed by atoms with E-state index < -0.39 is 6.10 Å². The Morgan fingerprint density at radius 1 is 1.23 bits per heavy atom. The smallest absolute Gasteiger partial charge is 0.114 e. The minimum Gasteiger partial charge on any atom is -0.380 e. The molecule has 30 heavy (non-hydrogen) atoms. The highest BCUT2D eigenvalue weighted by atomic mass is 32.1. The number of aliphatic hydroxyl groups excluding tert-OH is 1. The van der Waals surface area contributed by atoms with E-state index in [0.29, 0.717) is 12.5 Å². The zero-order chi connectivity index (χ0) is 21.3. The van der Waals surface area contributed by atoms with Crippen LogP contribution in [0.5, 0.6) is 0 Å². The summed E-state index contributed by atoms with van der Waals surface area (Å²) in [6.45, 7) is 9.47. The van der Waals surface area contributed by atoms with Crippen LogP contribution >= 0.6 is 11.3 Å².